The summed E-state index contributed by atoms with van der Waals surface area (Å²) < 4.78 is 15.5. The minimum Gasteiger partial charge on any atom is -0.395 e. The summed E-state index contributed by atoms with van der Waals surface area (Å²) in [7, 11) is 0. The van der Waals surface area contributed by atoms with Crippen molar-refractivity contribution >= 4 is 35.8 Å². The lowest BCUT2D eigenvalue weighted by atomic mass is 9.93. The molecule has 0 aliphatic carbocycles. The van der Waals surface area contributed by atoms with Crippen molar-refractivity contribution in [2.45, 2.75) is 25.8 Å². The first-order chi connectivity index (χ1) is 13.2. The van der Waals surface area contributed by atoms with Crippen LogP contribution in [0.5, 0.6) is 0 Å². The Morgan fingerprint density at radius 2 is 1.69 bits per heavy atom. The Kier molecular flexibility index (Phi) is 8.90. The van der Waals surface area contributed by atoms with Crippen molar-refractivity contribution in [3.05, 3.63) is 65.7 Å². The van der Waals surface area contributed by atoms with Gasteiger partial charge in [-0.25, -0.2) is 9.37 Å². The summed E-state index contributed by atoms with van der Waals surface area (Å²) in [5.41, 5.74) is 3.24. The maximum Gasteiger partial charge on any atom is 0.123 e. The van der Waals surface area contributed by atoms with Gasteiger partial charge in [0.2, 0.25) is 0 Å². The topological polar surface area (TPSA) is 41.3 Å². The number of aliphatic hydroxyl groups is 1. The lowest BCUT2D eigenvalue weighted by Gasteiger charge is -2.31. The van der Waals surface area contributed by atoms with Crippen LogP contribution >= 0.6 is 24.8 Å². The normalized spacial score (nSPS) is 15.1. The van der Waals surface area contributed by atoms with Crippen molar-refractivity contribution in [1.29, 1.82) is 0 Å². The Labute approximate surface area is 183 Å². The van der Waals surface area contributed by atoms with E-state index in [0.29, 0.717) is 12.5 Å². The van der Waals surface area contributed by atoms with E-state index >= 15 is 0 Å². The highest BCUT2D eigenvalue weighted by Crippen LogP contribution is 2.25. The Balaban J connectivity index is 0.00000150. The molecule has 4 rings (SSSR count). The second kappa shape index (κ2) is 10.9. The van der Waals surface area contributed by atoms with Gasteiger partial charge in [0.1, 0.15) is 11.6 Å². The number of halogens is 3. The number of rotatable bonds is 6. The predicted octanol–water partition coefficient (Wildman–Crippen LogP) is 4.31. The number of nitrogens with zero attached hydrogens (tertiary/aromatic N) is 3. The van der Waals surface area contributed by atoms with Gasteiger partial charge in [0.25, 0.3) is 0 Å². The third-order valence-corrected chi connectivity index (χ3v) is 5.58. The molecule has 1 aliphatic heterocycles. The number of likely N-dealkylation sites (tertiary alicyclic amines) is 1. The number of imidazole rings is 1. The molecule has 0 unspecified atom stereocenters. The number of aliphatic hydroxyl groups excluding tert-OH is 1. The van der Waals surface area contributed by atoms with Crippen LogP contribution in [-0.4, -0.2) is 45.8 Å². The van der Waals surface area contributed by atoms with Crippen molar-refractivity contribution in [1.82, 2.24) is 14.5 Å². The van der Waals surface area contributed by atoms with Crippen molar-refractivity contribution in [3.8, 4) is 0 Å². The molecule has 0 saturated carbocycles. The van der Waals surface area contributed by atoms with Crippen LogP contribution in [0.4, 0.5) is 4.39 Å². The SMILES string of the molecule is Cl.Cl.OCCN1CCC(Cc2nc3ccccc3n2Cc2ccc(F)cc2)CC1. The zero-order valence-corrected chi connectivity index (χ0v) is 18.0. The quantitative estimate of drug-likeness (QED) is 0.621. The van der Waals surface area contributed by atoms with E-state index in [-0.39, 0.29) is 37.2 Å². The molecule has 1 saturated heterocycles. The predicted molar refractivity (Wildman–Crippen MR) is 120 cm³/mol. The summed E-state index contributed by atoms with van der Waals surface area (Å²) in [4.78, 5) is 7.24. The molecule has 0 atom stereocenters. The van der Waals surface area contributed by atoms with Crippen molar-refractivity contribution in [2.24, 2.45) is 5.92 Å². The van der Waals surface area contributed by atoms with Gasteiger partial charge in [-0.2, -0.15) is 0 Å². The average Bonchev–Trinajstić information content (AvgIpc) is 3.02. The van der Waals surface area contributed by atoms with E-state index in [4.69, 9.17) is 10.1 Å². The third kappa shape index (κ3) is 5.70. The Bertz CT molecular complexity index is 893. The van der Waals surface area contributed by atoms with Gasteiger partial charge in [0, 0.05) is 19.5 Å². The molecule has 0 amide bonds. The first kappa shape index (κ1) is 23.6. The first-order valence-corrected chi connectivity index (χ1v) is 9.75. The molecule has 1 aliphatic rings. The Hall–Kier alpha value is -1.66. The smallest absolute Gasteiger partial charge is 0.123 e. The summed E-state index contributed by atoms with van der Waals surface area (Å²) in [5.74, 6) is 1.52. The molecular weight excluding hydrogens is 412 g/mol. The molecule has 1 N–H and O–H groups in total. The van der Waals surface area contributed by atoms with E-state index in [0.717, 1.165) is 61.3 Å². The second-order valence-electron chi connectivity index (χ2n) is 7.44. The van der Waals surface area contributed by atoms with Crippen LogP contribution in [0.25, 0.3) is 11.0 Å². The number of hydrogen-bond donors (Lipinski definition) is 1. The van der Waals surface area contributed by atoms with E-state index < -0.39 is 0 Å². The maximum atomic E-state index is 13.3. The van der Waals surface area contributed by atoms with Crippen molar-refractivity contribution in [3.63, 3.8) is 0 Å². The number of fused-ring (bicyclic) bond motifs is 1. The summed E-state index contributed by atoms with van der Waals surface area (Å²) in [6.07, 6.45) is 3.24. The zero-order valence-electron chi connectivity index (χ0n) is 16.3. The molecule has 0 radical (unpaired) electrons. The number of para-hydroxylation sites is 2. The van der Waals surface area contributed by atoms with Crippen LogP contribution in [0.2, 0.25) is 0 Å². The Morgan fingerprint density at radius 3 is 2.38 bits per heavy atom. The average molecular weight is 440 g/mol. The van der Waals surface area contributed by atoms with Gasteiger partial charge in [-0.3, -0.25) is 0 Å². The molecule has 1 aromatic heterocycles. The molecule has 1 fully saturated rings. The lowest BCUT2D eigenvalue weighted by molar-refractivity contribution is 0.146. The molecule has 2 aromatic carbocycles. The highest BCUT2D eigenvalue weighted by atomic mass is 35.5. The lowest BCUT2D eigenvalue weighted by Crippen LogP contribution is -2.36. The molecule has 7 heteroatoms. The van der Waals surface area contributed by atoms with Crippen LogP contribution in [0.3, 0.4) is 0 Å². The van der Waals surface area contributed by atoms with Crippen LogP contribution in [0.15, 0.2) is 48.5 Å². The summed E-state index contributed by atoms with van der Waals surface area (Å²) >= 11 is 0. The zero-order chi connectivity index (χ0) is 18.6. The second-order valence-corrected chi connectivity index (χ2v) is 7.44. The summed E-state index contributed by atoms with van der Waals surface area (Å²) in [5, 5.41) is 9.12. The largest absolute Gasteiger partial charge is 0.395 e. The van der Waals surface area contributed by atoms with Gasteiger partial charge in [0.15, 0.2) is 0 Å². The van der Waals surface area contributed by atoms with Crippen LogP contribution in [-0.2, 0) is 13.0 Å². The van der Waals surface area contributed by atoms with E-state index in [1.54, 1.807) is 0 Å². The molecular formula is C22H28Cl2FN3O. The molecule has 3 aromatic rings. The van der Waals surface area contributed by atoms with Crippen LogP contribution < -0.4 is 0 Å². The fourth-order valence-corrected chi connectivity index (χ4v) is 4.04. The van der Waals surface area contributed by atoms with Crippen molar-refractivity contribution in [2.75, 3.05) is 26.2 Å². The number of β-amino-alcohol motifs (C(OH)–C–C–N with tert-alkyl or cyclic N) is 1. The third-order valence-electron chi connectivity index (χ3n) is 5.58. The molecule has 0 spiro atoms. The standard InChI is InChI=1S/C22H26FN3O.2ClH/c23-19-7-5-18(6-8-19)16-26-21-4-2-1-3-20(21)24-22(26)15-17-9-11-25(12-10-17)13-14-27;;/h1-8,17,27H,9-16H2;2*1H. The monoisotopic (exact) mass is 439 g/mol. The summed E-state index contributed by atoms with van der Waals surface area (Å²) in [6.45, 7) is 3.81. The number of hydrogen-bond acceptors (Lipinski definition) is 3. The van der Waals surface area contributed by atoms with E-state index in [1.807, 2.05) is 24.3 Å². The van der Waals surface area contributed by atoms with E-state index in [9.17, 15) is 4.39 Å². The highest BCUT2D eigenvalue weighted by Gasteiger charge is 2.22. The van der Waals surface area contributed by atoms with Gasteiger partial charge in [0.05, 0.1) is 17.6 Å². The molecule has 29 heavy (non-hydrogen) atoms. The molecule has 4 nitrogen and oxygen atoms in total. The molecule has 2 heterocycles. The van der Waals surface area contributed by atoms with Crippen LogP contribution in [0.1, 0.15) is 24.2 Å². The van der Waals surface area contributed by atoms with Gasteiger partial charge >= 0.3 is 0 Å². The molecule has 0 bridgehead atoms. The fraction of sp³-hybridized carbons (Fsp3) is 0.409. The number of piperidine rings is 1. The van der Waals surface area contributed by atoms with E-state index in [2.05, 4.69) is 21.6 Å². The minimum absolute atomic E-state index is 0. The van der Waals surface area contributed by atoms with Crippen molar-refractivity contribution < 1.29 is 9.50 Å². The van der Waals surface area contributed by atoms with Gasteiger partial charge in [-0.15, -0.1) is 24.8 Å². The maximum absolute atomic E-state index is 13.3. The summed E-state index contributed by atoms with van der Waals surface area (Å²) in [6, 6.07) is 15.0. The fourth-order valence-electron chi connectivity index (χ4n) is 4.04. The minimum atomic E-state index is -0.205. The highest BCUT2D eigenvalue weighted by molar-refractivity contribution is 5.85. The van der Waals surface area contributed by atoms with Gasteiger partial charge < -0.3 is 14.6 Å². The first-order valence-electron chi connectivity index (χ1n) is 9.75. The number of benzene rings is 2. The van der Waals surface area contributed by atoms with Gasteiger partial charge in [-0.1, -0.05) is 24.3 Å². The van der Waals surface area contributed by atoms with Crippen LogP contribution in [0, 0.1) is 11.7 Å². The molecule has 158 valence electrons. The number of aromatic nitrogens is 2. The Morgan fingerprint density at radius 1 is 1.00 bits per heavy atom. The van der Waals surface area contributed by atoms with E-state index in [1.165, 1.54) is 12.1 Å². The van der Waals surface area contributed by atoms with Gasteiger partial charge in [-0.05, 0) is 61.7 Å².